The second-order valence-electron chi connectivity index (χ2n) is 5.26. The first kappa shape index (κ1) is 18.0. The van der Waals surface area contributed by atoms with Crippen molar-refractivity contribution in [1.82, 2.24) is 0 Å². The van der Waals surface area contributed by atoms with Crippen molar-refractivity contribution in [2.24, 2.45) is 5.92 Å². The Morgan fingerprint density at radius 3 is 2.58 bits per heavy atom. The molecule has 0 amide bonds. The fraction of sp³-hybridized carbons (Fsp3) is 0.579. The zero-order chi connectivity index (χ0) is 14.3. The highest BCUT2D eigenvalue weighted by Crippen LogP contribution is 2.15. The monoisotopic (exact) mass is 260 g/mol. The van der Waals surface area contributed by atoms with Crippen molar-refractivity contribution in [3.05, 3.63) is 48.6 Å². The van der Waals surface area contributed by atoms with Crippen LogP contribution in [0.2, 0.25) is 0 Å². The van der Waals surface area contributed by atoms with Gasteiger partial charge in [0.1, 0.15) is 0 Å². The van der Waals surface area contributed by atoms with Crippen molar-refractivity contribution >= 4 is 0 Å². The molecule has 0 radical (unpaired) electrons. The molecule has 0 aromatic carbocycles. The maximum Gasteiger partial charge on any atom is -0.0236 e. The highest BCUT2D eigenvalue weighted by Gasteiger charge is 1.99. The Bertz CT molecular complexity index is 291. The van der Waals surface area contributed by atoms with Crippen LogP contribution in [0.5, 0.6) is 0 Å². The lowest BCUT2D eigenvalue weighted by Gasteiger charge is -2.08. The van der Waals surface area contributed by atoms with Crippen LogP contribution in [-0.2, 0) is 0 Å². The first-order valence-electron chi connectivity index (χ1n) is 7.86. The fourth-order valence-corrected chi connectivity index (χ4v) is 2.07. The summed E-state index contributed by atoms with van der Waals surface area (Å²) in [5, 5.41) is 0. The normalized spacial score (nSPS) is 14.4. The van der Waals surface area contributed by atoms with E-state index < -0.39 is 0 Å². The van der Waals surface area contributed by atoms with Gasteiger partial charge >= 0.3 is 0 Å². The van der Waals surface area contributed by atoms with Crippen LogP contribution in [0.4, 0.5) is 0 Å². The van der Waals surface area contributed by atoms with Crippen molar-refractivity contribution in [3.8, 4) is 0 Å². The zero-order valence-electron chi connectivity index (χ0n) is 13.2. The molecule has 0 nitrogen and oxygen atoms in total. The summed E-state index contributed by atoms with van der Waals surface area (Å²) in [6.45, 7) is 10.4. The highest BCUT2D eigenvalue weighted by molar-refractivity contribution is 5.14. The van der Waals surface area contributed by atoms with Gasteiger partial charge in [-0.1, -0.05) is 75.3 Å². The van der Waals surface area contributed by atoms with E-state index in [1.165, 1.54) is 50.5 Å². The van der Waals surface area contributed by atoms with Crippen LogP contribution >= 0.6 is 0 Å². The molecule has 0 aromatic heterocycles. The van der Waals surface area contributed by atoms with E-state index in [0.717, 1.165) is 5.92 Å². The predicted octanol–water partition coefficient (Wildman–Crippen LogP) is 6.62. The summed E-state index contributed by atoms with van der Waals surface area (Å²) >= 11 is 0. The van der Waals surface area contributed by atoms with Crippen LogP contribution in [0.15, 0.2) is 48.6 Å². The van der Waals surface area contributed by atoms with Crippen LogP contribution in [0.25, 0.3) is 0 Å². The van der Waals surface area contributed by atoms with Gasteiger partial charge in [-0.15, -0.1) is 0 Å². The van der Waals surface area contributed by atoms with Crippen LogP contribution < -0.4 is 0 Å². The minimum atomic E-state index is 0.798. The third kappa shape index (κ3) is 11.8. The van der Waals surface area contributed by atoms with E-state index in [4.69, 9.17) is 0 Å². The molecule has 1 unspecified atom stereocenters. The number of hydrogen-bond acceptors (Lipinski definition) is 0. The van der Waals surface area contributed by atoms with Gasteiger partial charge < -0.3 is 0 Å². The molecule has 108 valence electrons. The van der Waals surface area contributed by atoms with Gasteiger partial charge in [-0.2, -0.15) is 0 Å². The SMILES string of the molecule is C=C/C=C\C=C(/C)CCC/C=C/C(CC)CCCC. The van der Waals surface area contributed by atoms with Gasteiger partial charge in [0.15, 0.2) is 0 Å². The van der Waals surface area contributed by atoms with Crippen molar-refractivity contribution in [2.75, 3.05) is 0 Å². The van der Waals surface area contributed by atoms with Crippen molar-refractivity contribution in [2.45, 2.75) is 65.7 Å². The van der Waals surface area contributed by atoms with E-state index in [1.54, 1.807) is 0 Å². The molecule has 0 heterocycles. The summed E-state index contributed by atoms with van der Waals surface area (Å²) in [4.78, 5) is 0. The second-order valence-corrected chi connectivity index (χ2v) is 5.26. The molecule has 0 N–H and O–H groups in total. The molecule has 0 aliphatic rings. The van der Waals surface area contributed by atoms with Gasteiger partial charge in [0.2, 0.25) is 0 Å². The summed E-state index contributed by atoms with van der Waals surface area (Å²) in [6, 6.07) is 0. The molecular formula is C19H32. The van der Waals surface area contributed by atoms with Gasteiger partial charge in [0, 0.05) is 0 Å². The number of hydrogen-bond donors (Lipinski definition) is 0. The van der Waals surface area contributed by atoms with Crippen LogP contribution in [-0.4, -0.2) is 0 Å². The summed E-state index contributed by atoms with van der Waals surface area (Å²) in [6.07, 6.45) is 21.8. The summed E-state index contributed by atoms with van der Waals surface area (Å²) < 4.78 is 0. The fourth-order valence-electron chi connectivity index (χ4n) is 2.07. The molecular weight excluding hydrogens is 228 g/mol. The molecule has 0 saturated carbocycles. The largest absolute Gasteiger partial charge is 0.0991 e. The minimum absolute atomic E-state index is 0.798. The number of allylic oxidation sites excluding steroid dienone is 7. The standard InChI is InChI=1S/C19H32/c1-5-8-11-14-18(4)15-12-10-13-17-19(7-3)16-9-6-2/h5,8,11,13-14,17,19H,1,6-7,9-10,12,15-16H2,2-4H3/b11-8-,17-13+,18-14+. The lowest BCUT2D eigenvalue weighted by atomic mass is 9.98. The van der Waals surface area contributed by atoms with Crippen molar-refractivity contribution in [1.29, 1.82) is 0 Å². The molecule has 0 rings (SSSR count). The van der Waals surface area contributed by atoms with Gasteiger partial charge in [0.25, 0.3) is 0 Å². The number of unbranched alkanes of at least 4 members (excludes halogenated alkanes) is 2. The lowest BCUT2D eigenvalue weighted by Crippen LogP contribution is -1.93. The minimum Gasteiger partial charge on any atom is -0.0991 e. The molecule has 0 spiro atoms. The summed E-state index contributed by atoms with van der Waals surface area (Å²) in [5.74, 6) is 0.798. The quantitative estimate of drug-likeness (QED) is 0.222. The second kappa shape index (κ2) is 13.4. The average Bonchev–Trinajstić information content (AvgIpc) is 2.42. The third-order valence-electron chi connectivity index (χ3n) is 3.43. The predicted molar refractivity (Wildman–Crippen MR) is 89.4 cm³/mol. The Hall–Kier alpha value is -1.04. The molecule has 0 fully saturated rings. The van der Waals surface area contributed by atoms with E-state index in [1.807, 2.05) is 12.2 Å². The van der Waals surface area contributed by atoms with Gasteiger partial charge in [0.05, 0.1) is 0 Å². The molecule has 1 atom stereocenters. The van der Waals surface area contributed by atoms with Gasteiger partial charge in [-0.25, -0.2) is 0 Å². The molecule has 0 saturated heterocycles. The van der Waals surface area contributed by atoms with Crippen LogP contribution in [0.3, 0.4) is 0 Å². The first-order chi connectivity index (χ1) is 9.24. The van der Waals surface area contributed by atoms with Crippen LogP contribution in [0.1, 0.15) is 65.7 Å². The summed E-state index contributed by atoms with van der Waals surface area (Å²) in [7, 11) is 0. The van der Waals surface area contributed by atoms with Gasteiger partial charge in [-0.05, 0) is 44.9 Å². The van der Waals surface area contributed by atoms with E-state index >= 15 is 0 Å². The molecule has 0 aliphatic heterocycles. The maximum absolute atomic E-state index is 3.66. The Labute approximate surface area is 121 Å². The Kier molecular flexibility index (Phi) is 12.7. The van der Waals surface area contributed by atoms with Crippen molar-refractivity contribution < 1.29 is 0 Å². The Morgan fingerprint density at radius 1 is 1.16 bits per heavy atom. The summed E-state index contributed by atoms with van der Waals surface area (Å²) in [5.41, 5.74) is 1.45. The smallest absolute Gasteiger partial charge is 0.0236 e. The Balaban J connectivity index is 3.79. The molecule has 0 heteroatoms. The van der Waals surface area contributed by atoms with E-state index in [0.29, 0.717) is 0 Å². The highest BCUT2D eigenvalue weighted by atomic mass is 14.1. The molecule has 0 aromatic rings. The van der Waals surface area contributed by atoms with E-state index in [-0.39, 0.29) is 0 Å². The van der Waals surface area contributed by atoms with E-state index in [2.05, 4.69) is 51.7 Å². The molecule has 19 heavy (non-hydrogen) atoms. The third-order valence-corrected chi connectivity index (χ3v) is 3.43. The number of rotatable bonds is 11. The van der Waals surface area contributed by atoms with Gasteiger partial charge in [-0.3, -0.25) is 0 Å². The Morgan fingerprint density at radius 2 is 1.95 bits per heavy atom. The average molecular weight is 260 g/mol. The zero-order valence-corrected chi connectivity index (χ0v) is 13.2. The van der Waals surface area contributed by atoms with E-state index in [9.17, 15) is 0 Å². The maximum atomic E-state index is 3.66. The topological polar surface area (TPSA) is 0 Å². The molecule has 0 aliphatic carbocycles. The first-order valence-corrected chi connectivity index (χ1v) is 7.86. The van der Waals surface area contributed by atoms with Crippen molar-refractivity contribution in [3.63, 3.8) is 0 Å². The van der Waals surface area contributed by atoms with Crippen LogP contribution in [0, 0.1) is 5.92 Å². The molecule has 0 bridgehead atoms. The lowest BCUT2D eigenvalue weighted by molar-refractivity contribution is 0.538.